The van der Waals surface area contributed by atoms with Crippen molar-refractivity contribution in [2.45, 2.75) is 20.4 Å². The monoisotopic (exact) mass is 562 g/mol. The molecule has 2 N–H and O–H groups in total. The third kappa shape index (κ3) is 4.60. The number of carbonyl (C=O) groups excluding carboxylic acids is 2. The molecule has 0 saturated heterocycles. The van der Waals surface area contributed by atoms with Crippen LogP contribution in [-0.4, -0.2) is 21.7 Å². The number of nitrogens with zero attached hydrogens (tertiary/aromatic N) is 1. The molecule has 3 aromatic carbocycles. The number of phenolic OH excluding ortho intramolecular Hbond substituents is 1. The van der Waals surface area contributed by atoms with Crippen molar-refractivity contribution in [3.8, 4) is 28.2 Å². The maximum Gasteiger partial charge on any atom is 0.200 e. The standard InChI is InChI=1S/C33H23ClN2O5/c1-17(37)20-7-3-4-8-21(20)31-22-11-13-28(39)24(33(22)41-30-15-29(40)25(34)14-23(30)31)16-35-27-9-5-6-19-10-12-26(18(2)38)36-32(19)27/h3-15,35,39H,16H2,1-2H3. The van der Waals surface area contributed by atoms with Crippen molar-refractivity contribution >= 4 is 50.7 Å². The van der Waals surface area contributed by atoms with Gasteiger partial charge < -0.3 is 14.8 Å². The van der Waals surface area contributed by atoms with Gasteiger partial charge in [0.15, 0.2) is 11.6 Å². The molecule has 4 aromatic rings. The average Bonchev–Trinajstić information content (AvgIpc) is 2.96. The maximum atomic E-state index is 12.6. The van der Waals surface area contributed by atoms with E-state index in [0.717, 1.165) is 5.39 Å². The average molecular weight is 563 g/mol. The SMILES string of the molecule is CC(=O)c1ccc2cccc(NCc3c(O)ccc4c(-c5ccccc5C(C)=O)c5cc(Cl)c(=O)cc-5oc34)c2n1. The Morgan fingerprint density at radius 2 is 1.73 bits per heavy atom. The first-order chi connectivity index (χ1) is 19.7. The van der Waals surface area contributed by atoms with E-state index in [-0.39, 0.29) is 34.6 Å². The number of aromatic nitrogens is 1. The molecule has 0 atom stereocenters. The van der Waals surface area contributed by atoms with Crippen LogP contribution in [0.4, 0.5) is 5.69 Å². The molecule has 0 fully saturated rings. The summed E-state index contributed by atoms with van der Waals surface area (Å²) in [5, 5.41) is 15.8. The lowest BCUT2D eigenvalue weighted by molar-refractivity contribution is 0.100. The first-order valence-electron chi connectivity index (χ1n) is 12.9. The molecule has 0 saturated carbocycles. The lowest BCUT2D eigenvalue weighted by Crippen LogP contribution is -2.06. The molecule has 41 heavy (non-hydrogen) atoms. The predicted octanol–water partition coefficient (Wildman–Crippen LogP) is 7.49. The first kappa shape index (κ1) is 26.2. The molecule has 0 unspecified atom stereocenters. The minimum Gasteiger partial charge on any atom is -0.507 e. The van der Waals surface area contributed by atoms with Crippen LogP contribution in [0.2, 0.25) is 5.02 Å². The van der Waals surface area contributed by atoms with Crippen molar-refractivity contribution in [1.29, 1.82) is 0 Å². The largest absolute Gasteiger partial charge is 0.507 e. The number of pyridine rings is 1. The predicted molar refractivity (Wildman–Crippen MR) is 160 cm³/mol. The third-order valence-electron chi connectivity index (χ3n) is 7.13. The highest BCUT2D eigenvalue weighted by Gasteiger charge is 2.24. The van der Waals surface area contributed by atoms with Crippen molar-refractivity contribution in [2.75, 3.05) is 5.32 Å². The number of para-hydroxylation sites is 1. The van der Waals surface area contributed by atoms with Crippen LogP contribution in [0.1, 0.15) is 40.3 Å². The van der Waals surface area contributed by atoms with Crippen molar-refractivity contribution in [1.82, 2.24) is 4.98 Å². The summed E-state index contributed by atoms with van der Waals surface area (Å²) in [4.78, 5) is 41.6. The molecule has 2 heterocycles. The van der Waals surface area contributed by atoms with Crippen molar-refractivity contribution in [3.05, 3.63) is 111 Å². The van der Waals surface area contributed by atoms with Crippen LogP contribution in [0.5, 0.6) is 5.75 Å². The quantitative estimate of drug-likeness (QED) is 0.160. The topological polar surface area (TPSA) is 110 Å². The molecule has 7 nitrogen and oxygen atoms in total. The van der Waals surface area contributed by atoms with Crippen molar-refractivity contribution < 1.29 is 19.1 Å². The Morgan fingerprint density at radius 1 is 0.927 bits per heavy atom. The Balaban J connectivity index is 1.58. The molecule has 0 spiro atoms. The Labute approximate surface area is 239 Å². The highest BCUT2D eigenvalue weighted by molar-refractivity contribution is 6.31. The molecule has 0 radical (unpaired) electrons. The highest BCUT2D eigenvalue weighted by Crippen LogP contribution is 2.44. The van der Waals surface area contributed by atoms with Crippen LogP contribution >= 0.6 is 11.6 Å². The van der Waals surface area contributed by atoms with Crippen LogP contribution < -0.4 is 10.7 Å². The van der Waals surface area contributed by atoms with Crippen LogP contribution in [-0.2, 0) is 6.54 Å². The number of fused-ring (bicyclic) bond motifs is 3. The number of hydrogen-bond donors (Lipinski definition) is 2. The van der Waals surface area contributed by atoms with Crippen LogP contribution in [0.25, 0.3) is 44.3 Å². The number of nitrogens with one attached hydrogen (secondary N) is 1. The summed E-state index contributed by atoms with van der Waals surface area (Å²) in [5.74, 6) is -0.0172. The fourth-order valence-corrected chi connectivity index (χ4v) is 5.30. The van der Waals surface area contributed by atoms with Gasteiger partial charge in [-0.2, -0.15) is 0 Å². The van der Waals surface area contributed by atoms with E-state index >= 15 is 0 Å². The molecular formula is C33H23ClN2O5. The molecule has 1 aliphatic heterocycles. The number of benzene rings is 4. The van der Waals surface area contributed by atoms with E-state index in [1.807, 2.05) is 36.4 Å². The van der Waals surface area contributed by atoms with E-state index in [1.165, 1.54) is 19.9 Å². The van der Waals surface area contributed by atoms with Gasteiger partial charge in [-0.25, -0.2) is 4.98 Å². The summed E-state index contributed by atoms with van der Waals surface area (Å²) in [6.07, 6.45) is 0. The van der Waals surface area contributed by atoms with Gasteiger partial charge in [-0.15, -0.1) is 0 Å². The molecule has 6 rings (SSSR count). The lowest BCUT2D eigenvalue weighted by Gasteiger charge is -2.19. The summed E-state index contributed by atoms with van der Waals surface area (Å²) in [7, 11) is 0. The number of hydrogen-bond acceptors (Lipinski definition) is 7. The fraction of sp³-hybridized carbons (Fsp3) is 0.0909. The Bertz CT molecular complexity index is 2060. The maximum absolute atomic E-state index is 12.6. The summed E-state index contributed by atoms with van der Waals surface area (Å²) in [6.45, 7) is 3.09. The zero-order valence-corrected chi connectivity index (χ0v) is 22.9. The summed E-state index contributed by atoms with van der Waals surface area (Å²) in [5.41, 5.74) is 4.38. The molecule has 0 bridgehead atoms. The van der Waals surface area contributed by atoms with E-state index in [4.69, 9.17) is 16.0 Å². The number of phenols is 1. The van der Waals surface area contributed by atoms with E-state index in [0.29, 0.717) is 55.7 Å². The number of anilines is 1. The van der Waals surface area contributed by atoms with Gasteiger partial charge in [-0.05, 0) is 42.8 Å². The molecule has 2 aliphatic rings. The van der Waals surface area contributed by atoms with E-state index in [9.17, 15) is 19.5 Å². The van der Waals surface area contributed by atoms with Gasteiger partial charge in [0.2, 0.25) is 5.43 Å². The van der Waals surface area contributed by atoms with E-state index in [1.54, 1.807) is 36.4 Å². The zero-order chi connectivity index (χ0) is 28.8. The number of rotatable bonds is 6. The number of halogens is 1. The molecule has 0 amide bonds. The normalized spacial score (nSPS) is 11.3. The van der Waals surface area contributed by atoms with Crippen LogP contribution in [0, 0.1) is 0 Å². The number of ketones is 2. The Morgan fingerprint density at radius 3 is 2.51 bits per heavy atom. The van der Waals surface area contributed by atoms with Gasteiger partial charge in [-0.1, -0.05) is 54.1 Å². The molecule has 1 aromatic heterocycles. The Hall–Kier alpha value is -5.01. The van der Waals surface area contributed by atoms with Crippen molar-refractivity contribution in [3.63, 3.8) is 0 Å². The zero-order valence-electron chi connectivity index (χ0n) is 22.1. The molecule has 8 heteroatoms. The molecule has 202 valence electrons. The summed E-state index contributed by atoms with van der Waals surface area (Å²) in [6, 6.07) is 22.5. The highest BCUT2D eigenvalue weighted by atomic mass is 35.5. The third-order valence-corrected chi connectivity index (χ3v) is 7.43. The summed E-state index contributed by atoms with van der Waals surface area (Å²) >= 11 is 6.25. The number of aromatic hydroxyl groups is 1. The van der Waals surface area contributed by atoms with Gasteiger partial charge >= 0.3 is 0 Å². The number of Topliss-reactive ketones (excluding diaryl/α,β-unsaturated/α-hetero) is 2. The second kappa shape index (κ2) is 10.2. The van der Waals surface area contributed by atoms with Gasteiger partial charge in [0.1, 0.15) is 22.8 Å². The minimum atomic E-state index is -0.406. The number of carbonyl (C=O) groups is 2. The van der Waals surface area contributed by atoms with Crippen LogP contribution in [0.3, 0.4) is 0 Å². The van der Waals surface area contributed by atoms with Gasteiger partial charge in [-0.3, -0.25) is 14.4 Å². The van der Waals surface area contributed by atoms with E-state index in [2.05, 4.69) is 10.3 Å². The van der Waals surface area contributed by atoms with Gasteiger partial charge in [0, 0.05) is 47.0 Å². The smallest absolute Gasteiger partial charge is 0.200 e. The van der Waals surface area contributed by atoms with E-state index < -0.39 is 5.43 Å². The van der Waals surface area contributed by atoms with Crippen molar-refractivity contribution in [2.24, 2.45) is 0 Å². The van der Waals surface area contributed by atoms with Gasteiger partial charge in [0.25, 0.3) is 0 Å². The molecule has 1 aliphatic carbocycles. The Kier molecular flexibility index (Phi) is 6.52. The first-order valence-corrected chi connectivity index (χ1v) is 13.3. The minimum absolute atomic E-state index is 0.0205. The molecular weight excluding hydrogens is 540 g/mol. The van der Waals surface area contributed by atoms with Gasteiger partial charge in [0.05, 0.1) is 21.8 Å². The second-order valence-corrected chi connectivity index (χ2v) is 10.2. The second-order valence-electron chi connectivity index (χ2n) is 9.78. The van der Waals surface area contributed by atoms with Crippen LogP contribution in [0.15, 0.2) is 88.1 Å². The fourth-order valence-electron chi connectivity index (χ4n) is 5.14. The lowest BCUT2D eigenvalue weighted by atomic mass is 9.89. The summed E-state index contributed by atoms with van der Waals surface area (Å²) < 4.78 is 6.28.